The van der Waals surface area contributed by atoms with Crippen molar-refractivity contribution < 1.29 is 19.1 Å². The van der Waals surface area contributed by atoms with Crippen molar-refractivity contribution >= 4 is 11.9 Å². The molecule has 1 heterocycles. The van der Waals surface area contributed by atoms with Crippen LogP contribution < -0.4 is 5.32 Å². The summed E-state index contributed by atoms with van der Waals surface area (Å²) in [6, 6.07) is 5.26. The van der Waals surface area contributed by atoms with Crippen molar-refractivity contribution in [2.75, 3.05) is 13.1 Å². The molecule has 23 heavy (non-hydrogen) atoms. The minimum atomic E-state index is -0.880. The third-order valence-corrected chi connectivity index (χ3v) is 4.21. The summed E-state index contributed by atoms with van der Waals surface area (Å²) < 4.78 is 13.1. The van der Waals surface area contributed by atoms with Crippen LogP contribution in [0.3, 0.4) is 0 Å². The first-order chi connectivity index (χ1) is 10.9. The predicted octanol–water partition coefficient (Wildman–Crippen LogP) is 2.19. The van der Waals surface area contributed by atoms with Crippen LogP contribution in [0.2, 0.25) is 0 Å². The first kappa shape index (κ1) is 17.4. The number of hydrogen-bond donors (Lipinski definition) is 2. The van der Waals surface area contributed by atoms with Gasteiger partial charge in [0.15, 0.2) is 0 Å². The van der Waals surface area contributed by atoms with E-state index in [4.69, 9.17) is 5.11 Å². The van der Waals surface area contributed by atoms with Crippen LogP contribution >= 0.6 is 0 Å². The Balaban J connectivity index is 2.01. The van der Waals surface area contributed by atoms with Crippen molar-refractivity contribution in [3.8, 4) is 0 Å². The van der Waals surface area contributed by atoms with Crippen LogP contribution in [-0.2, 0) is 9.59 Å². The number of hydrogen-bond acceptors (Lipinski definition) is 3. The third kappa shape index (κ3) is 4.51. The molecule has 0 aliphatic carbocycles. The molecule has 1 aliphatic heterocycles. The first-order valence-corrected chi connectivity index (χ1v) is 7.90. The Morgan fingerprint density at radius 2 is 2.00 bits per heavy atom. The molecule has 2 N–H and O–H groups in total. The number of nitrogens with one attached hydrogen (secondary N) is 1. The second kappa shape index (κ2) is 7.55. The Morgan fingerprint density at radius 1 is 1.35 bits per heavy atom. The van der Waals surface area contributed by atoms with E-state index in [1.165, 1.54) is 12.1 Å². The predicted molar refractivity (Wildman–Crippen MR) is 84.4 cm³/mol. The number of nitrogens with zero attached hydrogens (tertiary/aromatic N) is 1. The largest absolute Gasteiger partial charge is 0.480 e. The van der Waals surface area contributed by atoms with E-state index in [0.29, 0.717) is 13.0 Å². The summed E-state index contributed by atoms with van der Waals surface area (Å²) in [6.07, 6.45) is 1.37. The van der Waals surface area contributed by atoms with Crippen LogP contribution in [0, 0.1) is 11.7 Å². The van der Waals surface area contributed by atoms with Gasteiger partial charge in [-0.15, -0.1) is 0 Å². The Kier molecular flexibility index (Phi) is 5.71. The summed E-state index contributed by atoms with van der Waals surface area (Å²) in [5, 5.41) is 12.1. The van der Waals surface area contributed by atoms with E-state index < -0.39 is 12.0 Å². The van der Waals surface area contributed by atoms with Gasteiger partial charge in [0.25, 0.3) is 0 Å². The second-order valence-corrected chi connectivity index (χ2v) is 6.31. The van der Waals surface area contributed by atoms with Gasteiger partial charge in [-0.3, -0.25) is 14.5 Å². The van der Waals surface area contributed by atoms with E-state index >= 15 is 0 Å². The molecule has 2 atom stereocenters. The maximum atomic E-state index is 13.1. The molecule has 2 rings (SSSR count). The van der Waals surface area contributed by atoms with Gasteiger partial charge in [0, 0.05) is 0 Å². The number of carbonyl (C=O) groups excluding carboxylic acids is 1. The van der Waals surface area contributed by atoms with Gasteiger partial charge in [-0.25, -0.2) is 4.39 Å². The molecule has 5 nitrogen and oxygen atoms in total. The molecule has 0 radical (unpaired) electrons. The molecule has 1 unspecified atom stereocenters. The number of benzene rings is 1. The Morgan fingerprint density at radius 3 is 2.57 bits per heavy atom. The van der Waals surface area contributed by atoms with Crippen LogP contribution in [0.5, 0.6) is 0 Å². The maximum Gasteiger partial charge on any atom is 0.320 e. The molecule has 1 saturated heterocycles. The zero-order valence-corrected chi connectivity index (χ0v) is 13.5. The standard InChI is InChI=1S/C17H23FN2O3/c1-11(2)16(12-5-7-13(18)8-6-12)19-15(21)10-20-9-3-4-14(20)17(22)23/h5-8,11,14,16H,3-4,9-10H2,1-2H3,(H,19,21)(H,22,23)/t14-,16?/m0/s1. The number of carbonyl (C=O) groups is 2. The van der Waals surface area contributed by atoms with E-state index in [1.807, 2.05) is 13.8 Å². The van der Waals surface area contributed by atoms with E-state index in [1.54, 1.807) is 17.0 Å². The highest BCUT2D eigenvalue weighted by Gasteiger charge is 2.32. The van der Waals surface area contributed by atoms with Crippen molar-refractivity contribution in [1.29, 1.82) is 0 Å². The second-order valence-electron chi connectivity index (χ2n) is 6.31. The van der Waals surface area contributed by atoms with Gasteiger partial charge < -0.3 is 10.4 Å². The van der Waals surface area contributed by atoms with Crippen LogP contribution in [0.4, 0.5) is 4.39 Å². The van der Waals surface area contributed by atoms with E-state index in [0.717, 1.165) is 12.0 Å². The number of rotatable bonds is 6. The summed E-state index contributed by atoms with van der Waals surface area (Å²) in [6.45, 7) is 4.64. The molecular weight excluding hydrogens is 299 g/mol. The zero-order valence-electron chi connectivity index (χ0n) is 13.5. The molecule has 1 aromatic rings. The van der Waals surface area contributed by atoms with Gasteiger partial charge in [0.2, 0.25) is 5.91 Å². The summed E-state index contributed by atoms with van der Waals surface area (Å²) in [7, 11) is 0. The summed E-state index contributed by atoms with van der Waals surface area (Å²) >= 11 is 0. The third-order valence-electron chi connectivity index (χ3n) is 4.21. The van der Waals surface area contributed by atoms with Gasteiger partial charge in [0.1, 0.15) is 11.9 Å². The normalized spacial score (nSPS) is 19.7. The fourth-order valence-electron chi connectivity index (χ4n) is 3.00. The molecule has 6 heteroatoms. The summed E-state index contributed by atoms with van der Waals surface area (Å²) in [5.41, 5.74) is 0.839. The summed E-state index contributed by atoms with van der Waals surface area (Å²) in [4.78, 5) is 25.2. The zero-order chi connectivity index (χ0) is 17.0. The van der Waals surface area contributed by atoms with Crippen LogP contribution in [0.1, 0.15) is 38.3 Å². The number of aliphatic carboxylic acids is 1. The first-order valence-electron chi connectivity index (χ1n) is 7.90. The number of carboxylic acid groups (broad SMARTS) is 1. The van der Waals surface area contributed by atoms with Gasteiger partial charge in [-0.1, -0.05) is 26.0 Å². The fraction of sp³-hybridized carbons (Fsp3) is 0.529. The average molecular weight is 322 g/mol. The van der Waals surface area contributed by atoms with Gasteiger partial charge >= 0.3 is 5.97 Å². The van der Waals surface area contributed by atoms with Crippen LogP contribution in [-0.4, -0.2) is 41.0 Å². The van der Waals surface area contributed by atoms with Crippen molar-refractivity contribution in [2.24, 2.45) is 5.92 Å². The van der Waals surface area contributed by atoms with Crippen molar-refractivity contribution in [1.82, 2.24) is 10.2 Å². The Hall–Kier alpha value is -1.95. The lowest BCUT2D eigenvalue weighted by Crippen LogP contribution is -2.44. The average Bonchev–Trinajstić information content (AvgIpc) is 2.94. The van der Waals surface area contributed by atoms with Crippen LogP contribution in [0.25, 0.3) is 0 Å². The molecule has 1 amide bonds. The monoisotopic (exact) mass is 322 g/mol. The van der Waals surface area contributed by atoms with Gasteiger partial charge in [-0.05, 0) is 43.0 Å². The number of halogens is 1. The van der Waals surface area contributed by atoms with Gasteiger partial charge in [-0.2, -0.15) is 0 Å². The highest BCUT2D eigenvalue weighted by molar-refractivity contribution is 5.80. The topological polar surface area (TPSA) is 69.6 Å². The molecule has 1 fully saturated rings. The molecule has 1 aromatic carbocycles. The van der Waals surface area contributed by atoms with E-state index in [2.05, 4.69) is 5.32 Å². The smallest absolute Gasteiger partial charge is 0.320 e. The van der Waals surface area contributed by atoms with Crippen molar-refractivity contribution in [2.45, 2.75) is 38.8 Å². The van der Waals surface area contributed by atoms with E-state index in [9.17, 15) is 14.0 Å². The van der Waals surface area contributed by atoms with Crippen molar-refractivity contribution in [3.63, 3.8) is 0 Å². The molecule has 0 spiro atoms. The number of carboxylic acids is 1. The molecule has 1 aliphatic rings. The van der Waals surface area contributed by atoms with Crippen molar-refractivity contribution in [3.05, 3.63) is 35.6 Å². The highest BCUT2D eigenvalue weighted by atomic mass is 19.1. The molecule has 126 valence electrons. The van der Waals surface area contributed by atoms with Gasteiger partial charge in [0.05, 0.1) is 12.6 Å². The fourth-order valence-corrected chi connectivity index (χ4v) is 3.00. The molecule has 0 saturated carbocycles. The maximum absolute atomic E-state index is 13.1. The minimum absolute atomic E-state index is 0.0708. The number of likely N-dealkylation sites (tertiary alicyclic amines) is 1. The molecule has 0 aromatic heterocycles. The molecular formula is C17H23FN2O3. The molecule has 0 bridgehead atoms. The van der Waals surface area contributed by atoms with Crippen LogP contribution in [0.15, 0.2) is 24.3 Å². The lowest BCUT2D eigenvalue weighted by Gasteiger charge is -2.26. The number of amides is 1. The van der Waals surface area contributed by atoms with E-state index in [-0.39, 0.29) is 30.2 Å². The lowest BCUT2D eigenvalue weighted by molar-refractivity contribution is -0.142. The lowest BCUT2D eigenvalue weighted by atomic mass is 9.96. The Labute approximate surface area is 135 Å². The Bertz CT molecular complexity index is 559. The minimum Gasteiger partial charge on any atom is -0.480 e. The quantitative estimate of drug-likeness (QED) is 0.842. The highest BCUT2D eigenvalue weighted by Crippen LogP contribution is 2.22. The SMILES string of the molecule is CC(C)C(NC(=O)CN1CCC[C@H]1C(=O)O)c1ccc(F)cc1. The summed E-state index contributed by atoms with van der Waals surface area (Å²) in [5.74, 6) is -1.27.